The second-order valence-corrected chi connectivity index (χ2v) is 6.35. The molecule has 1 atom stereocenters. The molecular weight excluding hydrogens is 270 g/mol. The zero-order chi connectivity index (χ0) is 15.4. The van der Waals surface area contributed by atoms with E-state index >= 15 is 0 Å². The van der Waals surface area contributed by atoms with Gasteiger partial charge >= 0.3 is 0 Å². The third kappa shape index (κ3) is 3.63. The summed E-state index contributed by atoms with van der Waals surface area (Å²) in [6, 6.07) is 18.3. The van der Waals surface area contributed by atoms with Crippen molar-refractivity contribution in [3.05, 3.63) is 60.2 Å². The lowest BCUT2D eigenvalue weighted by Crippen LogP contribution is -2.37. The minimum absolute atomic E-state index is 0.230. The Balaban J connectivity index is 1.66. The Kier molecular flexibility index (Phi) is 4.69. The molecule has 0 saturated carbocycles. The van der Waals surface area contributed by atoms with E-state index in [1.54, 1.807) is 0 Å². The number of rotatable bonds is 4. The van der Waals surface area contributed by atoms with Gasteiger partial charge in [-0.2, -0.15) is 0 Å². The quantitative estimate of drug-likeness (QED) is 0.785. The molecule has 0 bridgehead atoms. The van der Waals surface area contributed by atoms with Crippen LogP contribution in [0.5, 0.6) is 0 Å². The standard InChI is InChI=1S/C20H23NO/c1-16-6-5-13-21(14-16)15-20(22)19-11-9-18(10-12-19)17-7-3-2-4-8-17/h2-4,7-12,16H,5-6,13-15H2,1H3. The number of carbonyl (C=O) groups is 1. The van der Waals surface area contributed by atoms with Crippen LogP contribution in [0.25, 0.3) is 11.1 Å². The van der Waals surface area contributed by atoms with Crippen LogP contribution in [0.15, 0.2) is 54.6 Å². The highest BCUT2D eigenvalue weighted by atomic mass is 16.1. The third-order valence-corrected chi connectivity index (χ3v) is 4.42. The summed E-state index contributed by atoms with van der Waals surface area (Å²) in [6.07, 6.45) is 2.50. The lowest BCUT2D eigenvalue weighted by Gasteiger charge is -2.30. The van der Waals surface area contributed by atoms with Gasteiger partial charge in [0.05, 0.1) is 6.54 Å². The Hall–Kier alpha value is -1.93. The molecule has 1 fully saturated rings. The van der Waals surface area contributed by atoms with Crippen molar-refractivity contribution >= 4 is 5.78 Å². The van der Waals surface area contributed by atoms with Gasteiger partial charge in [-0.3, -0.25) is 9.69 Å². The Bertz CT molecular complexity index is 618. The Morgan fingerprint density at radius 3 is 2.41 bits per heavy atom. The maximum Gasteiger partial charge on any atom is 0.176 e. The van der Waals surface area contributed by atoms with Crippen LogP contribution >= 0.6 is 0 Å². The molecule has 0 N–H and O–H groups in total. The number of piperidine rings is 1. The van der Waals surface area contributed by atoms with Crippen LogP contribution in [-0.4, -0.2) is 30.3 Å². The molecule has 2 nitrogen and oxygen atoms in total. The summed E-state index contributed by atoms with van der Waals surface area (Å²) in [5.74, 6) is 0.940. The summed E-state index contributed by atoms with van der Waals surface area (Å²) in [5, 5.41) is 0. The lowest BCUT2D eigenvalue weighted by molar-refractivity contribution is 0.0893. The minimum atomic E-state index is 0.230. The van der Waals surface area contributed by atoms with Crippen molar-refractivity contribution in [2.24, 2.45) is 5.92 Å². The van der Waals surface area contributed by atoms with Crippen molar-refractivity contribution < 1.29 is 4.79 Å². The first-order chi connectivity index (χ1) is 10.7. The van der Waals surface area contributed by atoms with Gasteiger partial charge in [0, 0.05) is 12.1 Å². The molecule has 1 heterocycles. The molecule has 1 saturated heterocycles. The van der Waals surface area contributed by atoms with E-state index in [1.165, 1.54) is 18.4 Å². The predicted molar refractivity (Wildman–Crippen MR) is 91.0 cm³/mol. The first-order valence-electron chi connectivity index (χ1n) is 8.13. The molecule has 22 heavy (non-hydrogen) atoms. The van der Waals surface area contributed by atoms with Crippen molar-refractivity contribution in [3.8, 4) is 11.1 Å². The van der Waals surface area contributed by atoms with Gasteiger partial charge in [0.2, 0.25) is 0 Å². The average molecular weight is 293 g/mol. The van der Waals surface area contributed by atoms with E-state index in [1.807, 2.05) is 42.5 Å². The number of carbonyl (C=O) groups excluding carboxylic acids is 1. The molecule has 0 aliphatic carbocycles. The molecular formula is C20H23NO. The van der Waals surface area contributed by atoms with E-state index in [-0.39, 0.29) is 5.78 Å². The van der Waals surface area contributed by atoms with Crippen LogP contribution in [0.4, 0.5) is 0 Å². The highest BCUT2D eigenvalue weighted by Crippen LogP contribution is 2.20. The van der Waals surface area contributed by atoms with Crippen LogP contribution in [0.1, 0.15) is 30.1 Å². The van der Waals surface area contributed by atoms with E-state index in [2.05, 4.69) is 24.0 Å². The van der Waals surface area contributed by atoms with E-state index in [9.17, 15) is 4.79 Å². The highest BCUT2D eigenvalue weighted by Gasteiger charge is 2.19. The molecule has 1 aliphatic rings. The van der Waals surface area contributed by atoms with Crippen LogP contribution < -0.4 is 0 Å². The summed E-state index contributed by atoms with van der Waals surface area (Å²) < 4.78 is 0. The summed E-state index contributed by atoms with van der Waals surface area (Å²) in [4.78, 5) is 14.7. The first-order valence-corrected chi connectivity index (χ1v) is 8.13. The van der Waals surface area contributed by atoms with Gasteiger partial charge in [-0.15, -0.1) is 0 Å². The second-order valence-electron chi connectivity index (χ2n) is 6.35. The fourth-order valence-corrected chi connectivity index (χ4v) is 3.20. The predicted octanol–water partition coefficient (Wildman–Crippen LogP) is 4.27. The fraction of sp³-hybridized carbons (Fsp3) is 0.350. The van der Waals surface area contributed by atoms with E-state index < -0.39 is 0 Å². The molecule has 2 aromatic carbocycles. The topological polar surface area (TPSA) is 20.3 Å². The average Bonchev–Trinajstić information content (AvgIpc) is 2.56. The van der Waals surface area contributed by atoms with Gasteiger partial charge in [-0.1, -0.05) is 61.5 Å². The monoisotopic (exact) mass is 293 g/mol. The lowest BCUT2D eigenvalue weighted by atomic mass is 9.99. The molecule has 1 aliphatic heterocycles. The fourth-order valence-electron chi connectivity index (χ4n) is 3.20. The minimum Gasteiger partial charge on any atom is -0.296 e. The molecule has 2 aromatic rings. The molecule has 2 heteroatoms. The number of benzene rings is 2. The Morgan fingerprint density at radius 1 is 1.05 bits per heavy atom. The third-order valence-electron chi connectivity index (χ3n) is 4.42. The summed E-state index contributed by atoms with van der Waals surface area (Å²) in [6.45, 7) is 4.92. The maximum atomic E-state index is 12.4. The maximum absolute atomic E-state index is 12.4. The highest BCUT2D eigenvalue weighted by molar-refractivity contribution is 5.98. The van der Waals surface area contributed by atoms with Gasteiger partial charge < -0.3 is 0 Å². The van der Waals surface area contributed by atoms with Crippen LogP contribution in [-0.2, 0) is 0 Å². The smallest absolute Gasteiger partial charge is 0.176 e. The van der Waals surface area contributed by atoms with Crippen LogP contribution in [0.2, 0.25) is 0 Å². The number of likely N-dealkylation sites (tertiary alicyclic amines) is 1. The Morgan fingerprint density at radius 2 is 1.73 bits per heavy atom. The van der Waals surface area contributed by atoms with E-state index in [0.29, 0.717) is 12.5 Å². The molecule has 3 rings (SSSR count). The molecule has 114 valence electrons. The molecule has 0 radical (unpaired) electrons. The first kappa shape index (κ1) is 15.0. The van der Waals surface area contributed by atoms with Crippen molar-refractivity contribution in [2.45, 2.75) is 19.8 Å². The largest absolute Gasteiger partial charge is 0.296 e. The van der Waals surface area contributed by atoms with Crippen LogP contribution in [0.3, 0.4) is 0 Å². The number of ketones is 1. The van der Waals surface area contributed by atoms with Gasteiger partial charge in [-0.25, -0.2) is 0 Å². The van der Waals surface area contributed by atoms with E-state index in [4.69, 9.17) is 0 Å². The number of Topliss-reactive ketones (excluding diaryl/α,β-unsaturated/α-hetero) is 1. The van der Waals surface area contributed by atoms with Crippen molar-refractivity contribution in [2.75, 3.05) is 19.6 Å². The Labute approximate surface area is 132 Å². The number of hydrogen-bond acceptors (Lipinski definition) is 2. The molecule has 0 spiro atoms. The van der Waals surface area contributed by atoms with Gasteiger partial charge in [-0.05, 0) is 36.4 Å². The van der Waals surface area contributed by atoms with Gasteiger partial charge in [0.15, 0.2) is 5.78 Å². The summed E-state index contributed by atoms with van der Waals surface area (Å²) >= 11 is 0. The molecule has 0 amide bonds. The SMILES string of the molecule is CC1CCCN(CC(=O)c2ccc(-c3ccccc3)cc2)C1. The zero-order valence-corrected chi connectivity index (χ0v) is 13.2. The number of nitrogens with zero attached hydrogens (tertiary/aromatic N) is 1. The number of hydrogen-bond donors (Lipinski definition) is 0. The van der Waals surface area contributed by atoms with Crippen molar-refractivity contribution in [1.29, 1.82) is 0 Å². The summed E-state index contributed by atoms with van der Waals surface area (Å²) in [5.41, 5.74) is 3.16. The van der Waals surface area contributed by atoms with Gasteiger partial charge in [0.25, 0.3) is 0 Å². The second kappa shape index (κ2) is 6.89. The molecule has 0 aromatic heterocycles. The molecule has 1 unspecified atom stereocenters. The zero-order valence-electron chi connectivity index (χ0n) is 13.2. The summed E-state index contributed by atoms with van der Waals surface area (Å²) in [7, 11) is 0. The van der Waals surface area contributed by atoms with Crippen molar-refractivity contribution in [3.63, 3.8) is 0 Å². The van der Waals surface area contributed by atoms with Gasteiger partial charge in [0.1, 0.15) is 0 Å². The van der Waals surface area contributed by atoms with Crippen molar-refractivity contribution in [1.82, 2.24) is 4.90 Å². The normalized spacial score (nSPS) is 19.0. The van der Waals surface area contributed by atoms with E-state index in [0.717, 1.165) is 24.2 Å². The van der Waals surface area contributed by atoms with Crippen LogP contribution in [0, 0.1) is 5.92 Å².